The van der Waals surface area contributed by atoms with E-state index in [9.17, 15) is 4.79 Å². The van der Waals surface area contributed by atoms with Crippen LogP contribution in [0, 0.1) is 0 Å². The molecule has 0 bridgehead atoms. The zero-order valence-electron chi connectivity index (χ0n) is 8.62. The predicted octanol–water partition coefficient (Wildman–Crippen LogP) is 3.09. The molecule has 1 saturated carbocycles. The van der Waals surface area contributed by atoms with E-state index in [0.29, 0.717) is 5.78 Å². The molecule has 1 atom stereocenters. The summed E-state index contributed by atoms with van der Waals surface area (Å²) in [6.07, 6.45) is 3.62. The highest BCUT2D eigenvalue weighted by atomic mass is 16.1. The number of rotatable bonds is 2. The molecule has 1 nitrogen and oxygen atoms in total. The molecule has 0 amide bonds. The topological polar surface area (TPSA) is 17.1 Å². The van der Waals surface area contributed by atoms with Gasteiger partial charge in [-0.05, 0) is 18.4 Å². The maximum atomic E-state index is 11.4. The maximum Gasteiger partial charge on any atom is 0.133 e. The Morgan fingerprint density at radius 3 is 2.50 bits per heavy atom. The first-order valence-electron chi connectivity index (χ1n) is 5.34. The van der Waals surface area contributed by atoms with Crippen LogP contribution in [0.15, 0.2) is 30.3 Å². The number of ketones is 1. The number of hydrogen-bond donors (Lipinski definition) is 0. The minimum atomic E-state index is 0.151. The smallest absolute Gasteiger partial charge is 0.133 e. The molecule has 1 aliphatic rings. The molecule has 1 aromatic rings. The van der Waals surface area contributed by atoms with Gasteiger partial charge in [0.25, 0.3) is 0 Å². The van der Waals surface area contributed by atoms with E-state index in [-0.39, 0.29) is 5.41 Å². The molecular weight excluding hydrogens is 172 g/mol. The predicted molar refractivity (Wildman–Crippen MR) is 57.3 cm³/mol. The van der Waals surface area contributed by atoms with Crippen molar-refractivity contribution in [1.29, 1.82) is 0 Å². The van der Waals surface area contributed by atoms with Crippen molar-refractivity contribution in [2.75, 3.05) is 0 Å². The Labute approximate surface area is 85.1 Å². The number of benzene rings is 1. The van der Waals surface area contributed by atoms with E-state index >= 15 is 0 Å². The van der Waals surface area contributed by atoms with Gasteiger partial charge in [-0.15, -0.1) is 0 Å². The molecule has 0 spiro atoms. The SMILES string of the molecule is CC[C@]1(c2ccccc2)CCC(=O)C1. The normalized spacial score (nSPS) is 26.8. The van der Waals surface area contributed by atoms with E-state index in [0.717, 1.165) is 25.7 Å². The van der Waals surface area contributed by atoms with Gasteiger partial charge < -0.3 is 0 Å². The van der Waals surface area contributed by atoms with Gasteiger partial charge in [0, 0.05) is 18.3 Å². The van der Waals surface area contributed by atoms with Crippen LogP contribution in [-0.2, 0) is 10.2 Å². The lowest BCUT2D eigenvalue weighted by molar-refractivity contribution is -0.117. The minimum absolute atomic E-state index is 0.151. The molecule has 0 radical (unpaired) electrons. The standard InChI is InChI=1S/C13H16O/c1-2-13(9-8-12(14)10-13)11-6-4-3-5-7-11/h3-7H,2,8-10H2,1H3/t13-/m0/s1. The Hall–Kier alpha value is -1.11. The van der Waals surface area contributed by atoms with E-state index in [2.05, 4.69) is 31.2 Å². The lowest BCUT2D eigenvalue weighted by Crippen LogP contribution is -2.21. The van der Waals surface area contributed by atoms with E-state index in [1.165, 1.54) is 5.56 Å². The van der Waals surface area contributed by atoms with Crippen LogP contribution in [0.1, 0.15) is 38.2 Å². The van der Waals surface area contributed by atoms with Gasteiger partial charge in [0.1, 0.15) is 5.78 Å². The van der Waals surface area contributed by atoms with Gasteiger partial charge in [-0.3, -0.25) is 4.79 Å². The summed E-state index contributed by atoms with van der Waals surface area (Å²) < 4.78 is 0. The molecule has 1 aromatic carbocycles. The molecule has 2 rings (SSSR count). The number of carbonyl (C=O) groups is 1. The third-order valence-corrected chi connectivity index (χ3v) is 3.48. The fraction of sp³-hybridized carbons (Fsp3) is 0.462. The van der Waals surface area contributed by atoms with Gasteiger partial charge in [0.05, 0.1) is 0 Å². The van der Waals surface area contributed by atoms with Crippen LogP contribution in [0.2, 0.25) is 0 Å². The Balaban J connectivity index is 2.34. The molecule has 0 saturated heterocycles. The summed E-state index contributed by atoms with van der Waals surface area (Å²) in [5, 5.41) is 0. The number of Topliss-reactive ketones (excluding diaryl/α,β-unsaturated/α-hetero) is 1. The molecule has 0 aromatic heterocycles. The van der Waals surface area contributed by atoms with Crippen LogP contribution in [0.25, 0.3) is 0 Å². The van der Waals surface area contributed by atoms with Crippen LogP contribution < -0.4 is 0 Å². The first kappa shape index (κ1) is 9.45. The summed E-state index contributed by atoms with van der Waals surface area (Å²) in [6, 6.07) is 10.5. The van der Waals surface area contributed by atoms with Crippen LogP contribution >= 0.6 is 0 Å². The molecule has 0 heterocycles. The average molecular weight is 188 g/mol. The molecular formula is C13H16O. The highest BCUT2D eigenvalue weighted by Crippen LogP contribution is 2.41. The Kier molecular flexibility index (Phi) is 2.40. The second-order valence-electron chi connectivity index (χ2n) is 4.22. The van der Waals surface area contributed by atoms with E-state index in [1.54, 1.807) is 0 Å². The average Bonchev–Trinajstić information content (AvgIpc) is 2.63. The van der Waals surface area contributed by atoms with Gasteiger partial charge in [-0.25, -0.2) is 0 Å². The van der Waals surface area contributed by atoms with E-state index < -0.39 is 0 Å². The molecule has 1 heteroatoms. The largest absolute Gasteiger partial charge is 0.300 e. The van der Waals surface area contributed by atoms with Crippen molar-refractivity contribution >= 4 is 5.78 Å². The summed E-state index contributed by atoms with van der Waals surface area (Å²) >= 11 is 0. The summed E-state index contributed by atoms with van der Waals surface area (Å²) in [5.41, 5.74) is 1.49. The van der Waals surface area contributed by atoms with Crippen LogP contribution in [0.3, 0.4) is 0 Å². The fourth-order valence-electron chi connectivity index (χ4n) is 2.48. The van der Waals surface area contributed by atoms with Crippen molar-refractivity contribution in [3.8, 4) is 0 Å². The van der Waals surface area contributed by atoms with Crippen LogP contribution in [0.5, 0.6) is 0 Å². The van der Waals surface area contributed by atoms with Crippen LogP contribution in [0.4, 0.5) is 0 Å². The van der Waals surface area contributed by atoms with Gasteiger partial charge >= 0.3 is 0 Å². The molecule has 1 aliphatic carbocycles. The molecule has 14 heavy (non-hydrogen) atoms. The first-order chi connectivity index (χ1) is 6.77. The summed E-state index contributed by atoms with van der Waals surface area (Å²) in [6.45, 7) is 2.19. The quantitative estimate of drug-likeness (QED) is 0.697. The number of carbonyl (C=O) groups excluding carboxylic acids is 1. The van der Waals surface area contributed by atoms with Gasteiger partial charge in [-0.2, -0.15) is 0 Å². The van der Waals surface area contributed by atoms with E-state index in [1.807, 2.05) is 6.07 Å². The molecule has 0 unspecified atom stereocenters. The Morgan fingerprint density at radius 1 is 1.29 bits per heavy atom. The van der Waals surface area contributed by atoms with Crippen molar-refractivity contribution in [2.24, 2.45) is 0 Å². The Bertz CT molecular complexity index is 328. The molecule has 0 N–H and O–H groups in total. The van der Waals surface area contributed by atoms with Crippen molar-refractivity contribution in [2.45, 2.75) is 38.0 Å². The summed E-state index contributed by atoms with van der Waals surface area (Å²) in [4.78, 5) is 11.4. The van der Waals surface area contributed by atoms with Gasteiger partial charge in [-0.1, -0.05) is 37.3 Å². The summed E-state index contributed by atoms with van der Waals surface area (Å²) in [7, 11) is 0. The monoisotopic (exact) mass is 188 g/mol. The molecule has 1 fully saturated rings. The minimum Gasteiger partial charge on any atom is -0.300 e. The summed E-state index contributed by atoms with van der Waals surface area (Å²) in [5.74, 6) is 0.427. The highest BCUT2D eigenvalue weighted by molar-refractivity contribution is 5.82. The lowest BCUT2D eigenvalue weighted by atomic mass is 9.77. The molecule has 74 valence electrons. The fourth-order valence-corrected chi connectivity index (χ4v) is 2.48. The zero-order valence-corrected chi connectivity index (χ0v) is 8.62. The number of hydrogen-bond acceptors (Lipinski definition) is 1. The Morgan fingerprint density at radius 2 is 2.00 bits per heavy atom. The third kappa shape index (κ3) is 1.47. The lowest BCUT2D eigenvalue weighted by Gasteiger charge is -2.27. The third-order valence-electron chi connectivity index (χ3n) is 3.48. The van der Waals surface area contributed by atoms with Crippen molar-refractivity contribution in [3.63, 3.8) is 0 Å². The van der Waals surface area contributed by atoms with E-state index in [4.69, 9.17) is 0 Å². The first-order valence-corrected chi connectivity index (χ1v) is 5.34. The highest BCUT2D eigenvalue weighted by Gasteiger charge is 2.37. The second kappa shape index (κ2) is 3.56. The van der Waals surface area contributed by atoms with Crippen molar-refractivity contribution in [3.05, 3.63) is 35.9 Å². The van der Waals surface area contributed by atoms with Crippen LogP contribution in [-0.4, -0.2) is 5.78 Å². The molecule has 0 aliphatic heterocycles. The second-order valence-corrected chi connectivity index (χ2v) is 4.22. The maximum absolute atomic E-state index is 11.4. The van der Waals surface area contributed by atoms with Gasteiger partial charge in [0.15, 0.2) is 0 Å². The zero-order chi connectivity index (χ0) is 10.0. The van der Waals surface area contributed by atoms with Gasteiger partial charge in [0.2, 0.25) is 0 Å². The van der Waals surface area contributed by atoms with Crippen molar-refractivity contribution in [1.82, 2.24) is 0 Å². The van der Waals surface area contributed by atoms with Crippen molar-refractivity contribution < 1.29 is 4.79 Å².